The van der Waals surface area contributed by atoms with Crippen molar-refractivity contribution in [3.63, 3.8) is 0 Å². The number of thiophene rings is 1. The van der Waals surface area contributed by atoms with Gasteiger partial charge in [-0.05, 0) is 42.5 Å². The third-order valence-electron chi connectivity index (χ3n) is 3.19. The Bertz CT molecular complexity index is 260. The fourth-order valence-corrected chi connectivity index (χ4v) is 3.23. The standard InChI is InChI=1S/C11H15BrS/c1-9(12)11(6-7-11)5-4-10-3-2-8-13-10/h2-3,8-9H,4-7H2,1H3. The first-order chi connectivity index (χ1) is 6.23. The van der Waals surface area contributed by atoms with E-state index in [0.29, 0.717) is 10.2 Å². The Hall–Kier alpha value is 0.180. The average Bonchev–Trinajstić information content (AvgIpc) is 2.73. The summed E-state index contributed by atoms with van der Waals surface area (Å²) < 4.78 is 0. The van der Waals surface area contributed by atoms with E-state index in [1.807, 2.05) is 11.3 Å². The Labute approximate surface area is 92.5 Å². The minimum absolute atomic E-state index is 0.643. The Balaban J connectivity index is 1.86. The third kappa shape index (κ3) is 2.16. The lowest BCUT2D eigenvalue weighted by molar-refractivity contribution is 0.469. The number of alkyl halides is 1. The van der Waals surface area contributed by atoms with Gasteiger partial charge in [0.15, 0.2) is 0 Å². The van der Waals surface area contributed by atoms with Crippen LogP contribution in [0.15, 0.2) is 17.5 Å². The molecule has 1 heterocycles. The van der Waals surface area contributed by atoms with Gasteiger partial charge in [-0.15, -0.1) is 11.3 Å². The van der Waals surface area contributed by atoms with Crippen molar-refractivity contribution in [2.45, 2.75) is 37.4 Å². The van der Waals surface area contributed by atoms with Crippen molar-refractivity contribution in [3.05, 3.63) is 22.4 Å². The van der Waals surface area contributed by atoms with E-state index >= 15 is 0 Å². The summed E-state index contributed by atoms with van der Waals surface area (Å²) in [6.45, 7) is 2.29. The van der Waals surface area contributed by atoms with Gasteiger partial charge in [-0.1, -0.05) is 28.9 Å². The van der Waals surface area contributed by atoms with Crippen molar-refractivity contribution in [2.75, 3.05) is 0 Å². The van der Waals surface area contributed by atoms with Gasteiger partial charge in [0.25, 0.3) is 0 Å². The van der Waals surface area contributed by atoms with Gasteiger partial charge in [0.05, 0.1) is 0 Å². The maximum atomic E-state index is 3.73. The maximum absolute atomic E-state index is 3.73. The average molecular weight is 259 g/mol. The zero-order valence-electron chi connectivity index (χ0n) is 7.92. The second-order valence-corrected chi connectivity index (χ2v) is 6.46. The second-order valence-electron chi connectivity index (χ2n) is 4.06. The molecule has 1 unspecified atom stereocenters. The highest BCUT2D eigenvalue weighted by Crippen LogP contribution is 2.54. The van der Waals surface area contributed by atoms with E-state index < -0.39 is 0 Å². The Morgan fingerprint density at radius 1 is 1.62 bits per heavy atom. The van der Waals surface area contributed by atoms with Gasteiger partial charge in [-0.25, -0.2) is 0 Å². The van der Waals surface area contributed by atoms with Crippen LogP contribution in [0.4, 0.5) is 0 Å². The third-order valence-corrected chi connectivity index (χ3v) is 5.09. The summed E-state index contributed by atoms with van der Waals surface area (Å²) in [5.74, 6) is 0. The van der Waals surface area contributed by atoms with Crippen molar-refractivity contribution in [1.82, 2.24) is 0 Å². The monoisotopic (exact) mass is 258 g/mol. The van der Waals surface area contributed by atoms with Crippen LogP contribution in [0.3, 0.4) is 0 Å². The summed E-state index contributed by atoms with van der Waals surface area (Å²) in [7, 11) is 0. The predicted molar refractivity (Wildman–Crippen MR) is 62.7 cm³/mol. The van der Waals surface area contributed by atoms with Crippen LogP contribution >= 0.6 is 27.3 Å². The maximum Gasteiger partial charge on any atom is 0.0174 e. The molecule has 0 amide bonds. The van der Waals surface area contributed by atoms with Gasteiger partial charge in [-0.2, -0.15) is 0 Å². The van der Waals surface area contributed by atoms with Crippen LogP contribution in [0.1, 0.15) is 31.1 Å². The molecular formula is C11H15BrS. The molecule has 72 valence electrons. The Kier molecular flexibility index (Phi) is 2.80. The van der Waals surface area contributed by atoms with Gasteiger partial charge < -0.3 is 0 Å². The highest BCUT2D eigenvalue weighted by Gasteiger charge is 2.45. The fraction of sp³-hybridized carbons (Fsp3) is 0.636. The lowest BCUT2D eigenvalue weighted by atomic mass is 9.97. The van der Waals surface area contributed by atoms with Crippen LogP contribution in [-0.4, -0.2) is 4.83 Å². The molecule has 0 aromatic carbocycles. The number of hydrogen-bond acceptors (Lipinski definition) is 1. The summed E-state index contributed by atoms with van der Waals surface area (Å²) in [6.07, 6.45) is 5.48. The minimum atomic E-state index is 0.643. The molecule has 0 aliphatic heterocycles. The second kappa shape index (κ2) is 3.74. The van der Waals surface area contributed by atoms with Crippen molar-refractivity contribution in [3.8, 4) is 0 Å². The summed E-state index contributed by atoms with van der Waals surface area (Å²) >= 11 is 5.61. The molecule has 1 aromatic rings. The highest BCUT2D eigenvalue weighted by molar-refractivity contribution is 9.09. The zero-order chi connectivity index (χ0) is 9.31. The number of halogens is 1. The zero-order valence-corrected chi connectivity index (χ0v) is 10.3. The molecule has 1 aliphatic rings. The van der Waals surface area contributed by atoms with Gasteiger partial charge in [-0.3, -0.25) is 0 Å². The van der Waals surface area contributed by atoms with Crippen LogP contribution < -0.4 is 0 Å². The normalized spacial score (nSPS) is 21.4. The molecule has 1 aliphatic carbocycles. The molecule has 1 fully saturated rings. The molecule has 1 atom stereocenters. The molecule has 1 aromatic heterocycles. The number of aryl methyl sites for hydroxylation is 1. The van der Waals surface area contributed by atoms with Gasteiger partial charge in [0.1, 0.15) is 0 Å². The van der Waals surface area contributed by atoms with E-state index in [0.717, 1.165) is 0 Å². The number of hydrogen-bond donors (Lipinski definition) is 0. The predicted octanol–water partition coefficient (Wildman–Crippen LogP) is 4.24. The molecule has 0 radical (unpaired) electrons. The Morgan fingerprint density at radius 2 is 2.38 bits per heavy atom. The van der Waals surface area contributed by atoms with Crippen molar-refractivity contribution in [1.29, 1.82) is 0 Å². The van der Waals surface area contributed by atoms with E-state index in [1.54, 1.807) is 4.88 Å². The first-order valence-electron chi connectivity index (χ1n) is 4.89. The van der Waals surface area contributed by atoms with E-state index in [1.165, 1.54) is 25.7 Å². The van der Waals surface area contributed by atoms with Crippen LogP contribution in [-0.2, 0) is 6.42 Å². The van der Waals surface area contributed by atoms with Gasteiger partial charge in [0, 0.05) is 9.70 Å². The smallest absolute Gasteiger partial charge is 0.0174 e. The van der Waals surface area contributed by atoms with E-state index in [9.17, 15) is 0 Å². The van der Waals surface area contributed by atoms with E-state index in [4.69, 9.17) is 0 Å². The molecule has 13 heavy (non-hydrogen) atoms. The van der Waals surface area contributed by atoms with Crippen molar-refractivity contribution >= 4 is 27.3 Å². The van der Waals surface area contributed by atoms with Crippen LogP contribution in [0.2, 0.25) is 0 Å². The summed E-state index contributed by atoms with van der Waals surface area (Å²) in [5.41, 5.74) is 0.643. The molecule has 0 bridgehead atoms. The molecule has 0 spiro atoms. The van der Waals surface area contributed by atoms with Gasteiger partial charge in [0.2, 0.25) is 0 Å². The van der Waals surface area contributed by atoms with Crippen LogP contribution in [0.5, 0.6) is 0 Å². The first-order valence-corrected chi connectivity index (χ1v) is 6.69. The molecular weight excluding hydrogens is 244 g/mol. The Morgan fingerprint density at radius 3 is 2.85 bits per heavy atom. The van der Waals surface area contributed by atoms with Crippen LogP contribution in [0, 0.1) is 5.41 Å². The van der Waals surface area contributed by atoms with Crippen LogP contribution in [0.25, 0.3) is 0 Å². The minimum Gasteiger partial charge on any atom is -0.149 e. The molecule has 0 saturated heterocycles. The van der Waals surface area contributed by atoms with Gasteiger partial charge >= 0.3 is 0 Å². The van der Waals surface area contributed by atoms with Crippen molar-refractivity contribution < 1.29 is 0 Å². The summed E-state index contributed by atoms with van der Waals surface area (Å²) in [4.78, 5) is 2.24. The first kappa shape index (κ1) is 9.72. The SMILES string of the molecule is CC(Br)C1(CCc2cccs2)CC1. The highest BCUT2D eigenvalue weighted by atomic mass is 79.9. The van der Waals surface area contributed by atoms with Crippen molar-refractivity contribution in [2.24, 2.45) is 5.41 Å². The summed E-state index contributed by atoms with van der Waals surface area (Å²) in [6, 6.07) is 4.40. The molecule has 1 saturated carbocycles. The summed E-state index contributed by atoms with van der Waals surface area (Å²) in [5, 5.41) is 2.17. The molecule has 2 rings (SSSR count). The van der Waals surface area contributed by atoms with E-state index in [2.05, 4.69) is 40.4 Å². The topological polar surface area (TPSA) is 0 Å². The lowest BCUT2D eigenvalue weighted by Gasteiger charge is -2.17. The quantitative estimate of drug-likeness (QED) is 0.709. The molecule has 0 nitrogen and oxygen atoms in total. The molecule has 2 heteroatoms. The fourth-order valence-electron chi connectivity index (χ4n) is 1.83. The number of rotatable bonds is 4. The lowest BCUT2D eigenvalue weighted by Crippen LogP contribution is -2.12. The molecule has 0 N–H and O–H groups in total. The van der Waals surface area contributed by atoms with E-state index in [-0.39, 0.29) is 0 Å². The largest absolute Gasteiger partial charge is 0.149 e.